The first-order valence-electron chi connectivity index (χ1n) is 5.28. The fraction of sp³-hybridized carbons (Fsp3) is 0.417. The number of nitrogens with zero attached hydrogens (tertiary/aromatic N) is 1. The number of aliphatic hydroxyl groups excluding tert-OH is 1. The number of carbonyl (C=O) groups excluding carboxylic acids is 1. The third-order valence-electron chi connectivity index (χ3n) is 2.85. The first kappa shape index (κ1) is 11.1. The minimum Gasteiger partial charge on any atom is -0.396 e. The molecular weight excluding hydrogens is 209 g/mol. The van der Waals surface area contributed by atoms with Crippen molar-refractivity contribution >= 4 is 5.91 Å². The SMILES string of the molecule is Cc1ccc(F)c(C(=O)N2CC(CO)C2)c1. The van der Waals surface area contributed by atoms with Gasteiger partial charge in [-0.1, -0.05) is 11.6 Å². The predicted molar refractivity (Wildman–Crippen MR) is 57.6 cm³/mol. The maximum atomic E-state index is 13.4. The molecular formula is C12H14FNO2. The van der Waals surface area contributed by atoms with E-state index in [0.29, 0.717) is 13.1 Å². The van der Waals surface area contributed by atoms with Crippen molar-refractivity contribution in [2.45, 2.75) is 6.92 Å². The van der Waals surface area contributed by atoms with Gasteiger partial charge in [-0.15, -0.1) is 0 Å². The zero-order valence-electron chi connectivity index (χ0n) is 9.11. The molecule has 16 heavy (non-hydrogen) atoms. The molecule has 0 aliphatic carbocycles. The Kier molecular flexibility index (Phi) is 2.92. The van der Waals surface area contributed by atoms with Gasteiger partial charge in [0.2, 0.25) is 0 Å². The Labute approximate surface area is 93.5 Å². The molecule has 0 atom stereocenters. The number of benzene rings is 1. The van der Waals surface area contributed by atoms with Crippen LogP contribution in [0.2, 0.25) is 0 Å². The number of halogens is 1. The van der Waals surface area contributed by atoms with Crippen LogP contribution < -0.4 is 0 Å². The normalized spacial score (nSPS) is 16.1. The molecule has 1 amide bonds. The fourth-order valence-electron chi connectivity index (χ4n) is 1.82. The van der Waals surface area contributed by atoms with Crippen molar-refractivity contribution in [1.82, 2.24) is 4.90 Å². The summed E-state index contributed by atoms with van der Waals surface area (Å²) in [6.45, 7) is 2.94. The molecule has 0 bridgehead atoms. The highest BCUT2D eigenvalue weighted by Gasteiger charge is 2.31. The van der Waals surface area contributed by atoms with Gasteiger partial charge in [-0.25, -0.2) is 4.39 Å². The summed E-state index contributed by atoms with van der Waals surface area (Å²) in [7, 11) is 0. The molecule has 3 nitrogen and oxygen atoms in total. The van der Waals surface area contributed by atoms with Crippen LogP contribution in [-0.2, 0) is 0 Å². The third-order valence-corrected chi connectivity index (χ3v) is 2.85. The van der Waals surface area contributed by atoms with Crippen LogP contribution in [0.15, 0.2) is 18.2 Å². The van der Waals surface area contributed by atoms with Gasteiger partial charge in [0.05, 0.1) is 5.56 Å². The quantitative estimate of drug-likeness (QED) is 0.818. The highest BCUT2D eigenvalue weighted by Crippen LogP contribution is 2.20. The Balaban J connectivity index is 2.13. The van der Waals surface area contributed by atoms with E-state index in [4.69, 9.17) is 5.11 Å². The number of amides is 1. The van der Waals surface area contributed by atoms with Crippen molar-refractivity contribution in [1.29, 1.82) is 0 Å². The molecule has 1 aromatic rings. The Morgan fingerprint density at radius 1 is 1.56 bits per heavy atom. The van der Waals surface area contributed by atoms with Crippen molar-refractivity contribution in [3.05, 3.63) is 35.1 Å². The maximum Gasteiger partial charge on any atom is 0.256 e. The highest BCUT2D eigenvalue weighted by atomic mass is 19.1. The summed E-state index contributed by atoms with van der Waals surface area (Å²) in [6.07, 6.45) is 0. The van der Waals surface area contributed by atoms with Crippen LogP contribution in [-0.4, -0.2) is 35.6 Å². The van der Waals surface area contributed by atoms with E-state index in [1.807, 2.05) is 6.92 Å². The lowest BCUT2D eigenvalue weighted by Gasteiger charge is -2.38. The van der Waals surface area contributed by atoms with Gasteiger partial charge in [0.15, 0.2) is 0 Å². The summed E-state index contributed by atoms with van der Waals surface area (Å²) < 4.78 is 13.4. The van der Waals surface area contributed by atoms with E-state index < -0.39 is 5.82 Å². The average molecular weight is 223 g/mol. The second kappa shape index (κ2) is 4.22. The smallest absolute Gasteiger partial charge is 0.256 e. The monoisotopic (exact) mass is 223 g/mol. The zero-order chi connectivity index (χ0) is 11.7. The predicted octanol–water partition coefficient (Wildman–Crippen LogP) is 1.20. The van der Waals surface area contributed by atoms with Crippen LogP contribution in [0.1, 0.15) is 15.9 Å². The largest absolute Gasteiger partial charge is 0.396 e. The first-order chi connectivity index (χ1) is 7.61. The molecule has 1 aliphatic rings. The first-order valence-corrected chi connectivity index (χ1v) is 5.28. The molecule has 0 unspecified atom stereocenters. The second-order valence-corrected chi connectivity index (χ2v) is 4.24. The van der Waals surface area contributed by atoms with Gasteiger partial charge in [-0.2, -0.15) is 0 Å². The molecule has 1 heterocycles. The molecule has 1 fully saturated rings. The van der Waals surface area contributed by atoms with Crippen LogP contribution >= 0.6 is 0 Å². The van der Waals surface area contributed by atoms with E-state index >= 15 is 0 Å². The van der Waals surface area contributed by atoms with Gasteiger partial charge >= 0.3 is 0 Å². The van der Waals surface area contributed by atoms with Crippen molar-refractivity contribution in [3.63, 3.8) is 0 Å². The second-order valence-electron chi connectivity index (χ2n) is 4.24. The third kappa shape index (κ3) is 1.93. The lowest BCUT2D eigenvalue weighted by molar-refractivity contribution is 0.0358. The summed E-state index contributed by atoms with van der Waals surface area (Å²) in [4.78, 5) is 13.4. The standard InChI is InChI=1S/C12H14FNO2/c1-8-2-3-11(13)10(4-8)12(16)14-5-9(6-14)7-15/h2-4,9,15H,5-7H2,1H3. The fourth-order valence-corrected chi connectivity index (χ4v) is 1.82. The highest BCUT2D eigenvalue weighted by molar-refractivity contribution is 5.95. The van der Waals surface area contributed by atoms with E-state index in [1.54, 1.807) is 17.0 Å². The molecule has 0 spiro atoms. The van der Waals surface area contributed by atoms with Crippen molar-refractivity contribution in [3.8, 4) is 0 Å². The summed E-state index contributed by atoms with van der Waals surface area (Å²) >= 11 is 0. The van der Waals surface area contributed by atoms with Crippen molar-refractivity contribution in [2.24, 2.45) is 5.92 Å². The molecule has 86 valence electrons. The summed E-state index contributed by atoms with van der Waals surface area (Å²) in [5.74, 6) is -0.620. The van der Waals surface area contributed by atoms with Crippen LogP contribution in [0.3, 0.4) is 0 Å². The number of aliphatic hydroxyl groups is 1. The molecule has 0 aromatic heterocycles. The Morgan fingerprint density at radius 2 is 2.25 bits per heavy atom. The number of rotatable bonds is 2. The van der Waals surface area contributed by atoms with Crippen molar-refractivity contribution in [2.75, 3.05) is 19.7 Å². The van der Waals surface area contributed by atoms with Crippen LogP contribution in [0.4, 0.5) is 4.39 Å². The Hall–Kier alpha value is -1.42. The Morgan fingerprint density at radius 3 is 2.88 bits per heavy atom. The van der Waals surface area contributed by atoms with E-state index in [2.05, 4.69) is 0 Å². The summed E-state index contributed by atoms with van der Waals surface area (Å²) in [6, 6.07) is 4.51. The maximum absolute atomic E-state index is 13.4. The number of hydrogen-bond acceptors (Lipinski definition) is 2. The van der Waals surface area contributed by atoms with Gasteiger partial charge in [0.1, 0.15) is 5.82 Å². The number of aryl methyl sites for hydroxylation is 1. The molecule has 2 rings (SSSR count). The zero-order valence-corrected chi connectivity index (χ0v) is 9.11. The summed E-state index contributed by atoms with van der Waals surface area (Å²) in [5, 5.41) is 8.84. The Bertz CT molecular complexity index is 413. The van der Waals surface area contributed by atoms with Gasteiger partial charge in [-0.3, -0.25) is 4.79 Å². The van der Waals surface area contributed by atoms with Crippen molar-refractivity contribution < 1.29 is 14.3 Å². The minimum atomic E-state index is -0.483. The van der Waals surface area contributed by atoms with Gasteiger partial charge < -0.3 is 10.0 Å². The van der Waals surface area contributed by atoms with Gasteiger partial charge in [0.25, 0.3) is 5.91 Å². The van der Waals surface area contributed by atoms with E-state index in [-0.39, 0.29) is 24.0 Å². The number of hydrogen-bond donors (Lipinski definition) is 1. The van der Waals surface area contributed by atoms with Gasteiger partial charge in [-0.05, 0) is 19.1 Å². The van der Waals surface area contributed by atoms with Gasteiger partial charge in [0, 0.05) is 25.6 Å². The average Bonchev–Trinajstić information content (AvgIpc) is 2.20. The lowest BCUT2D eigenvalue weighted by Crippen LogP contribution is -2.51. The molecule has 1 N–H and O–H groups in total. The van der Waals surface area contributed by atoms with E-state index in [0.717, 1.165) is 5.56 Å². The molecule has 1 aromatic carbocycles. The number of carbonyl (C=O) groups is 1. The number of likely N-dealkylation sites (tertiary alicyclic amines) is 1. The molecule has 1 saturated heterocycles. The molecule has 0 saturated carbocycles. The van der Waals surface area contributed by atoms with E-state index in [1.165, 1.54) is 6.07 Å². The minimum absolute atomic E-state index is 0.0834. The topological polar surface area (TPSA) is 40.5 Å². The summed E-state index contributed by atoms with van der Waals surface area (Å²) in [5.41, 5.74) is 0.986. The van der Waals surface area contributed by atoms with E-state index in [9.17, 15) is 9.18 Å². The van der Waals surface area contributed by atoms with Crippen LogP contribution in [0, 0.1) is 18.7 Å². The van der Waals surface area contributed by atoms with Crippen LogP contribution in [0.25, 0.3) is 0 Å². The lowest BCUT2D eigenvalue weighted by atomic mass is 9.99. The molecule has 0 radical (unpaired) electrons. The molecule has 1 aliphatic heterocycles. The molecule has 4 heteroatoms. The van der Waals surface area contributed by atoms with Crippen LogP contribution in [0.5, 0.6) is 0 Å².